The van der Waals surface area contributed by atoms with E-state index in [1.54, 1.807) is 36.4 Å². The van der Waals surface area contributed by atoms with Crippen LogP contribution in [-0.2, 0) is 4.79 Å². The first-order valence-electron chi connectivity index (χ1n) is 7.94. The number of hydrogen-bond donors (Lipinski definition) is 3. The van der Waals surface area contributed by atoms with Crippen molar-refractivity contribution in [1.29, 1.82) is 0 Å². The molecular formula is C18H17N3O6. The lowest BCUT2D eigenvalue weighted by atomic mass is 10.2. The van der Waals surface area contributed by atoms with Crippen LogP contribution in [0.4, 0.5) is 0 Å². The molecule has 27 heavy (non-hydrogen) atoms. The Bertz CT molecular complexity index is 897. The number of hydrogen-bond acceptors (Lipinski definition) is 7. The summed E-state index contributed by atoms with van der Waals surface area (Å²) < 4.78 is 15.4. The van der Waals surface area contributed by atoms with E-state index >= 15 is 0 Å². The van der Waals surface area contributed by atoms with Crippen LogP contribution in [0, 0.1) is 0 Å². The molecule has 0 atom stereocenters. The van der Waals surface area contributed by atoms with Gasteiger partial charge in [-0.3, -0.25) is 9.59 Å². The Balaban J connectivity index is 1.50. The highest BCUT2D eigenvalue weighted by atomic mass is 16.7. The zero-order valence-electron chi connectivity index (χ0n) is 14.4. The Morgan fingerprint density at radius 3 is 2.89 bits per heavy atom. The minimum atomic E-state index is -0.525. The third kappa shape index (κ3) is 4.27. The molecule has 0 saturated carbocycles. The van der Waals surface area contributed by atoms with E-state index in [0.717, 1.165) is 0 Å². The van der Waals surface area contributed by atoms with Crippen molar-refractivity contribution in [2.75, 3.05) is 20.4 Å². The number of phenols is 1. The lowest BCUT2D eigenvalue weighted by Gasteiger charge is -2.06. The molecule has 2 amide bonds. The van der Waals surface area contributed by atoms with Gasteiger partial charge in [-0.1, -0.05) is 6.07 Å². The van der Waals surface area contributed by atoms with Crippen LogP contribution >= 0.6 is 0 Å². The van der Waals surface area contributed by atoms with E-state index in [-0.39, 0.29) is 19.1 Å². The monoisotopic (exact) mass is 371 g/mol. The number of nitrogens with zero attached hydrogens (tertiary/aromatic N) is 1. The second-order valence-electron chi connectivity index (χ2n) is 5.44. The van der Waals surface area contributed by atoms with Gasteiger partial charge in [-0.2, -0.15) is 5.10 Å². The van der Waals surface area contributed by atoms with E-state index in [0.29, 0.717) is 28.4 Å². The lowest BCUT2D eigenvalue weighted by molar-refractivity contribution is -0.120. The molecule has 0 fully saturated rings. The molecule has 9 nitrogen and oxygen atoms in total. The van der Waals surface area contributed by atoms with Crippen molar-refractivity contribution in [3.63, 3.8) is 0 Å². The lowest BCUT2D eigenvalue weighted by Crippen LogP contribution is -2.34. The van der Waals surface area contributed by atoms with Crippen LogP contribution in [-0.4, -0.2) is 43.6 Å². The van der Waals surface area contributed by atoms with Crippen LogP contribution in [0.3, 0.4) is 0 Å². The van der Waals surface area contributed by atoms with Gasteiger partial charge in [0.1, 0.15) is 0 Å². The maximum Gasteiger partial charge on any atom is 0.259 e. The third-order valence-corrected chi connectivity index (χ3v) is 3.69. The summed E-state index contributed by atoms with van der Waals surface area (Å²) in [5.41, 5.74) is 2.98. The normalized spacial score (nSPS) is 12.0. The molecule has 0 saturated heterocycles. The number of methoxy groups -OCH3 is 1. The van der Waals surface area contributed by atoms with Crippen LogP contribution in [0.25, 0.3) is 0 Å². The van der Waals surface area contributed by atoms with Gasteiger partial charge in [-0.25, -0.2) is 5.43 Å². The summed E-state index contributed by atoms with van der Waals surface area (Å²) in [4.78, 5) is 23.9. The number of phenolic OH excluding ortho intramolecular Hbond substituents is 1. The SMILES string of the molecule is COc1cccc(C=NNC(=O)CNC(=O)c2ccc3c(c2)OCO3)c1O. The number of carbonyl (C=O) groups excluding carboxylic acids is 2. The van der Waals surface area contributed by atoms with E-state index in [1.165, 1.54) is 13.3 Å². The van der Waals surface area contributed by atoms with Crippen LogP contribution in [0.15, 0.2) is 41.5 Å². The molecule has 0 aromatic heterocycles. The smallest absolute Gasteiger partial charge is 0.259 e. The number of carbonyl (C=O) groups is 2. The number of para-hydroxylation sites is 1. The fourth-order valence-electron chi connectivity index (χ4n) is 2.32. The largest absolute Gasteiger partial charge is 0.504 e. The maximum absolute atomic E-state index is 12.1. The fraction of sp³-hybridized carbons (Fsp3) is 0.167. The van der Waals surface area contributed by atoms with Gasteiger partial charge in [-0.15, -0.1) is 0 Å². The zero-order chi connectivity index (χ0) is 19.2. The number of fused-ring (bicyclic) bond motifs is 1. The van der Waals surface area contributed by atoms with Crippen LogP contribution in [0.1, 0.15) is 15.9 Å². The topological polar surface area (TPSA) is 118 Å². The molecule has 0 spiro atoms. The van der Waals surface area contributed by atoms with Crippen molar-refractivity contribution in [3.05, 3.63) is 47.5 Å². The van der Waals surface area contributed by atoms with E-state index in [9.17, 15) is 14.7 Å². The molecule has 0 radical (unpaired) electrons. The minimum Gasteiger partial charge on any atom is -0.504 e. The van der Waals surface area contributed by atoms with Crippen molar-refractivity contribution in [3.8, 4) is 23.0 Å². The number of aromatic hydroxyl groups is 1. The van der Waals surface area contributed by atoms with Gasteiger partial charge in [0.25, 0.3) is 11.8 Å². The Hall–Kier alpha value is -3.75. The average Bonchev–Trinajstić information content (AvgIpc) is 3.15. The number of rotatable bonds is 6. The van der Waals surface area contributed by atoms with Crippen LogP contribution in [0.5, 0.6) is 23.0 Å². The molecule has 0 aliphatic carbocycles. The summed E-state index contributed by atoms with van der Waals surface area (Å²) in [6, 6.07) is 9.62. The highest BCUT2D eigenvalue weighted by Crippen LogP contribution is 2.32. The second-order valence-corrected chi connectivity index (χ2v) is 5.44. The highest BCUT2D eigenvalue weighted by molar-refractivity contribution is 5.97. The first-order valence-corrected chi connectivity index (χ1v) is 7.94. The molecule has 3 rings (SSSR count). The van der Waals surface area contributed by atoms with Gasteiger partial charge >= 0.3 is 0 Å². The van der Waals surface area contributed by atoms with Gasteiger partial charge in [0.2, 0.25) is 6.79 Å². The predicted molar refractivity (Wildman–Crippen MR) is 95.3 cm³/mol. The number of amides is 2. The van der Waals surface area contributed by atoms with Crippen molar-refractivity contribution in [1.82, 2.24) is 10.7 Å². The predicted octanol–water partition coefficient (Wildman–Crippen LogP) is 1.01. The first kappa shape index (κ1) is 18.1. The van der Waals surface area contributed by atoms with Crippen molar-refractivity contribution in [2.24, 2.45) is 5.10 Å². The first-order chi connectivity index (χ1) is 13.1. The van der Waals surface area contributed by atoms with Crippen molar-refractivity contribution >= 4 is 18.0 Å². The van der Waals surface area contributed by atoms with Crippen LogP contribution in [0.2, 0.25) is 0 Å². The third-order valence-electron chi connectivity index (χ3n) is 3.69. The second kappa shape index (κ2) is 8.09. The molecule has 1 aliphatic heterocycles. The van der Waals surface area contributed by atoms with Gasteiger partial charge in [-0.05, 0) is 30.3 Å². The number of nitrogens with one attached hydrogen (secondary N) is 2. The van der Waals surface area contributed by atoms with E-state index < -0.39 is 11.8 Å². The molecule has 9 heteroatoms. The summed E-state index contributed by atoms with van der Waals surface area (Å²) in [7, 11) is 1.43. The van der Waals surface area contributed by atoms with E-state index in [4.69, 9.17) is 14.2 Å². The Labute approximate surface area is 154 Å². The molecule has 1 heterocycles. The van der Waals surface area contributed by atoms with E-state index in [2.05, 4.69) is 15.8 Å². The van der Waals surface area contributed by atoms with Gasteiger partial charge in [0.05, 0.1) is 19.9 Å². The molecule has 3 N–H and O–H groups in total. The molecule has 2 aromatic rings. The summed E-state index contributed by atoms with van der Waals surface area (Å²) in [6.45, 7) is -0.154. The van der Waals surface area contributed by atoms with Crippen molar-refractivity contribution < 1.29 is 28.9 Å². The summed E-state index contributed by atoms with van der Waals surface area (Å²) in [5, 5.41) is 16.1. The molecule has 1 aliphatic rings. The molecule has 0 bridgehead atoms. The van der Waals surface area contributed by atoms with Gasteiger partial charge < -0.3 is 24.6 Å². The van der Waals surface area contributed by atoms with Gasteiger partial charge in [0, 0.05) is 11.1 Å². The molecular weight excluding hydrogens is 354 g/mol. The minimum absolute atomic E-state index is 0.0888. The number of benzene rings is 2. The van der Waals surface area contributed by atoms with Crippen LogP contribution < -0.4 is 25.0 Å². The fourth-order valence-corrected chi connectivity index (χ4v) is 2.32. The molecule has 0 unspecified atom stereocenters. The Morgan fingerprint density at radius 2 is 2.07 bits per heavy atom. The molecule has 2 aromatic carbocycles. The number of hydrazone groups is 1. The van der Waals surface area contributed by atoms with Crippen molar-refractivity contribution in [2.45, 2.75) is 0 Å². The van der Waals surface area contributed by atoms with Gasteiger partial charge in [0.15, 0.2) is 23.0 Å². The standard InChI is InChI=1S/C18H17N3O6/c1-25-14-4-2-3-12(17(14)23)8-20-21-16(22)9-19-18(24)11-5-6-13-15(7-11)27-10-26-13/h2-8,23H,9-10H2,1H3,(H,19,24)(H,21,22). The quantitative estimate of drug-likeness (QED) is 0.515. The summed E-state index contributed by atoms with van der Waals surface area (Å²) in [6.07, 6.45) is 1.27. The summed E-state index contributed by atoms with van der Waals surface area (Å²) in [5.74, 6) is 0.296. The average molecular weight is 371 g/mol. The van der Waals surface area contributed by atoms with E-state index in [1.807, 2.05) is 0 Å². The Kier molecular flexibility index (Phi) is 5.41. The summed E-state index contributed by atoms with van der Waals surface area (Å²) >= 11 is 0. The number of ether oxygens (including phenoxy) is 3. The maximum atomic E-state index is 12.1. The zero-order valence-corrected chi connectivity index (χ0v) is 14.4. The Morgan fingerprint density at radius 1 is 1.26 bits per heavy atom. The molecule has 140 valence electrons. The highest BCUT2D eigenvalue weighted by Gasteiger charge is 2.16.